The maximum absolute atomic E-state index is 5.45. The fourth-order valence-corrected chi connectivity index (χ4v) is 11.1. The monoisotopic (exact) mass is 1000 g/mol. The average Bonchev–Trinajstić information content (AvgIpc) is 3.97. The van der Waals surface area contributed by atoms with Gasteiger partial charge in [0.2, 0.25) is 35.8 Å². The first kappa shape index (κ1) is 49.4. The van der Waals surface area contributed by atoms with E-state index in [1.54, 1.807) is 0 Å². The summed E-state index contributed by atoms with van der Waals surface area (Å²) in [4.78, 5) is 34.5. The van der Waals surface area contributed by atoms with Crippen LogP contribution in [0.3, 0.4) is 0 Å². The largest absolute Gasteiger partial charge is 0.278 e. The molecule has 9 aromatic rings. The summed E-state index contributed by atoms with van der Waals surface area (Å²) >= 11 is 0. The minimum atomic E-state index is -0.0618. The van der Waals surface area contributed by atoms with Crippen molar-refractivity contribution in [3.8, 4) is 0 Å². The van der Waals surface area contributed by atoms with Crippen LogP contribution in [-0.4, -0.2) is 54.4 Å². The van der Waals surface area contributed by atoms with Gasteiger partial charge < -0.3 is 0 Å². The molecule has 10 nitrogen and oxygen atoms in total. The lowest BCUT2D eigenvalue weighted by atomic mass is 9.85. The van der Waals surface area contributed by atoms with E-state index in [1.165, 1.54) is 33.4 Å². The van der Waals surface area contributed by atoms with Crippen molar-refractivity contribution in [3.63, 3.8) is 0 Å². The van der Waals surface area contributed by atoms with E-state index < -0.39 is 0 Å². The molecule has 0 spiro atoms. The van der Waals surface area contributed by atoms with Crippen LogP contribution < -0.4 is 0 Å². The fourth-order valence-electron chi connectivity index (χ4n) is 11.1. The van der Waals surface area contributed by atoms with Gasteiger partial charge in [-0.05, 0) is 139 Å². The Balaban J connectivity index is 1.17. The zero-order valence-corrected chi connectivity index (χ0v) is 47.9. The third-order valence-corrected chi connectivity index (χ3v) is 15.9. The number of hydrogen-bond acceptors (Lipinski definition) is 7. The molecule has 0 fully saturated rings. The van der Waals surface area contributed by atoms with Gasteiger partial charge >= 0.3 is 0 Å². The molecular weight excluding hydrogens is 933 g/mol. The van der Waals surface area contributed by atoms with Crippen LogP contribution in [0.25, 0.3) is 65.4 Å². The Morgan fingerprint density at radius 3 is 0.539 bits per heavy atom. The van der Waals surface area contributed by atoms with E-state index >= 15 is 0 Å². The van der Waals surface area contributed by atoms with E-state index in [1.807, 2.05) is 4.90 Å². The number of nitrogens with zero attached hydrogens (tertiary/aromatic N) is 10. The molecular formula is C66H72N10. The number of fused-ring (bicyclic) bond motifs is 9. The van der Waals surface area contributed by atoms with E-state index in [-0.39, 0.29) is 32.5 Å². The summed E-state index contributed by atoms with van der Waals surface area (Å²) < 4.78 is 6.56. The topological polar surface area (TPSA) is 92.2 Å². The summed E-state index contributed by atoms with van der Waals surface area (Å²) in [5.74, 6) is 2.54. The molecule has 386 valence electrons. The molecule has 6 aromatic carbocycles. The maximum atomic E-state index is 5.45. The molecule has 0 amide bonds. The second-order valence-electron chi connectivity index (χ2n) is 27.7. The van der Waals surface area contributed by atoms with E-state index in [4.69, 9.17) is 30.0 Å². The Labute approximate surface area is 447 Å². The first-order valence-corrected chi connectivity index (χ1v) is 27.0. The van der Waals surface area contributed by atoms with Gasteiger partial charge in [-0.25, -0.2) is 4.90 Å². The van der Waals surface area contributed by atoms with Crippen LogP contribution in [0, 0.1) is 0 Å². The molecule has 0 aliphatic carbocycles. The van der Waals surface area contributed by atoms with Crippen LogP contribution in [0.4, 0.5) is 0 Å². The summed E-state index contributed by atoms with van der Waals surface area (Å²) in [5.41, 5.74) is 13.2. The highest BCUT2D eigenvalue weighted by molar-refractivity contribution is 6.33. The number of rotatable bonds is 0. The molecule has 12 rings (SSSR count). The summed E-state index contributed by atoms with van der Waals surface area (Å²) in [7, 11) is 0. The molecule has 3 aromatic heterocycles. The van der Waals surface area contributed by atoms with Crippen molar-refractivity contribution in [2.45, 2.75) is 157 Å². The lowest BCUT2D eigenvalue weighted by Crippen LogP contribution is -2.49. The molecule has 0 radical (unpaired) electrons. The highest BCUT2D eigenvalue weighted by Crippen LogP contribution is 2.41. The van der Waals surface area contributed by atoms with Crippen LogP contribution in [-0.2, 0) is 32.5 Å². The number of guanidine groups is 3. The summed E-state index contributed by atoms with van der Waals surface area (Å²) in [5, 5.41) is 6.87. The van der Waals surface area contributed by atoms with Crippen LogP contribution in [0.15, 0.2) is 139 Å². The van der Waals surface area contributed by atoms with Gasteiger partial charge in [-0.1, -0.05) is 161 Å². The summed E-state index contributed by atoms with van der Waals surface area (Å²) in [6, 6.07) is 40.9. The van der Waals surface area contributed by atoms with Crippen LogP contribution in [0.2, 0.25) is 0 Å². The van der Waals surface area contributed by atoms with Crippen molar-refractivity contribution < 1.29 is 0 Å². The molecule has 3 aliphatic heterocycles. The Bertz CT molecular complexity index is 3560. The van der Waals surface area contributed by atoms with Crippen molar-refractivity contribution in [2.75, 3.05) is 0 Å². The second-order valence-corrected chi connectivity index (χ2v) is 27.7. The Morgan fingerprint density at radius 1 is 0.224 bits per heavy atom. The van der Waals surface area contributed by atoms with Crippen LogP contribution in [0.1, 0.15) is 158 Å². The molecule has 0 saturated carbocycles. The van der Waals surface area contributed by atoms with Crippen LogP contribution >= 0.6 is 0 Å². The molecule has 10 heteroatoms. The van der Waals surface area contributed by atoms with Gasteiger partial charge in [-0.15, -0.1) is 0 Å². The molecule has 0 bridgehead atoms. The van der Waals surface area contributed by atoms with E-state index in [9.17, 15) is 0 Å². The first-order valence-electron chi connectivity index (χ1n) is 27.0. The number of hydrogen-bond donors (Lipinski definition) is 0. The molecule has 0 unspecified atom stereocenters. The third kappa shape index (κ3) is 7.87. The smallest absolute Gasteiger partial charge is 0.246 e. The van der Waals surface area contributed by atoms with Gasteiger partial charge in [-0.3, -0.25) is 13.7 Å². The maximum Gasteiger partial charge on any atom is 0.246 e. The lowest BCUT2D eigenvalue weighted by molar-refractivity contribution is 0.590. The quantitative estimate of drug-likeness (QED) is 0.149. The Kier molecular flexibility index (Phi) is 10.4. The molecule has 0 N–H and O–H groups in total. The highest BCUT2D eigenvalue weighted by Gasteiger charge is 2.38. The van der Waals surface area contributed by atoms with Gasteiger partial charge in [-0.2, -0.15) is 30.0 Å². The zero-order chi connectivity index (χ0) is 54.1. The highest BCUT2D eigenvalue weighted by atomic mass is 15.5. The predicted octanol–water partition coefficient (Wildman–Crippen LogP) is 16.2. The number of benzene rings is 6. The standard InChI is InChI=1S/C66H72N10/c1-61(2,3)37-19-25-49-43(31-37)44-32-38(62(4,5)6)20-26-50(44)73(49)55-67-58-69-56(74-51-27-21-39(63(7,8)9)33-45(51)46-34-40(64(10,11)12)22-28-52(46)74)71-60-72-57(70-59(68-55)76(58)60)75-53-29-23-41(65(13,14)15)35-47(53)48-36-42(66(16,17)18)24-30-54(48)75/h19-36H,1-18H3. The minimum Gasteiger partial charge on any atom is -0.278 e. The van der Waals surface area contributed by atoms with E-state index in [0.29, 0.717) is 35.8 Å². The molecule has 76 heavy (non-hydrogen) atoms. The predicted molar refractivity (Wildman–Crippen MR) is 323 cm³/mol. The minimum absolute atomic E-state index is 0.0618. The summed E-state index contributed by atoms with van der Waals surface area (Å²) in [6.45, 7) is 40.9. The zero-order valence-electron chi connectivity index (χ0n) is 47.9. The second kappa shape index (κ2) is 16.0. The van der Waals surface area contributed by atoms with Gasteiger partial charge in [0.15, 0.2) is 0 Å². The van der Waals surface area contributed by atoms with E-state index in [2.05, 4.69) is 248 Å². The molecule has 3 aliphatic rings. The average molecular weight is 1010 g/mol. The van der Waals surface area contributed by atoms with Crippen molar-refractivity contribution in [3.05, 3.63) is 143 Å². The van der Waals surface area contributed by atoms with Crippen LogP contribution in [0.5, 0.6) is 0 Å². The normalized spacial score (nSPS) is 15.9. The van der Waals surface area contributed by atoms with Gasteiger partial charge in [0.1, 0.15) is 0 Å². The fraction of sp³-hybridized carbons (Fsp3) is 0.364. The van der Waals surface area contributed by atoms with Crippen molar-refractivity contribution >= 4 is 101 Å². The third-order valence-electron chi connectivity index (χ3n) is 15.9. The van der Waals surface area contributed by atoms with Crippen molar-refractivity contribution in [2.24, 2.45) is 30.0 Å². The van der Waals surface area contributed by atoms with Gasteiger partial charge in [0.25, 0.3) is 0 Å². The van der Waals surface area contributed by atoms with E-state index in [0.717, 1.165) is 65.4 Å². The Morgan fingerprint density at radius 2 is 0.382 bits per heavy atom. The number of aromatic nitrogens is 3. The molecule has 0 atom stereocenters. The number of aliphatic imine (C=N–C) groups is 6. The molecule has 0 saturated heterocycles. The van der Waals surface area contributed by atoms with Gasteiger partial charge in [0, 0.05) is 32.3 Å². The van der Waals surface area contributed by atoms with Gasteiger partial charge in [0.05, 0.1) is 33.1 Å². The Hall–Kier alpha value is -7.46. The molecule has 6 heterocycles. The van der Waals surface area contributed by atoms with Crippen molar-refractivity contribution in [1.29, 1.82) is 0 Å². The SMILES string of the molecule is CC(C)(C)c1ccc2c(c1)c1cc(C(C)(C)C)ccc1n2C1=NC2=NC(n3c4ccc(C(C)(C)C)cc4c4cc(C(C)(C)C)ccc43)=NC3=NC(n4c5ccc(C(C)(C)C)cc5c5cc(C(C)(C)C)ccc54)=NC(=N1)N23. The van der Waals surface area contributed by atoms with Crippen molar-refractivity contribution in [1.82, 2.24) is 18.6 Å². The first-order chi connectivity index (χ1) is 35.4. The lowest BCUT2D eigenvalue weighted by Gasteiger charge is -2.31. The summed E-state index contributed by atoms with van der Waals surface area (Å²) in [6.07, 6.45) is 0.